The third-order valence-corrected chi connectivity index (χ3v) is 3.33. The molecule has 1 atom stereocenters. The van der Waals surface area contributed by atoms with Crippen LogP contribution in [0.5, 0.6) is 0 Å². The summed E-state index contributed by atoms with van der Waals surface area (Å²) in [7, 11) is 0. The van der Waals surface area contributed by atoms with Crippen molar-refractivity contribution < 1.29 is 0 Å². The Morgan fingerprint density at radius 3 is 2.81 bits per heavy atom. The van der Waals surface area contributed by atoms with Gasteiger partial charge >= 0.3 is 0 Å². The molecule has 1 fully saturated rings. The van der Waals surface area contributed by atoms with Crippen molar-refractivity contribution in [2.24, 2.45) is 0 Å². The molecule has 1 unspecified atom stereocenters. The first-order valence-electron chi connectivity index (χ1n) is 6.27. The van der Waals surface area contributed by atoms with Gasteiger partial charge in [-0.25, -0.2) is 4.98 Å². The molecule has 0 aliphatic carbocycles. The minimum absolute atomic E-state index is 0.581. The highest BCUT2D eigenvalue weighted by molar-refractivity contribution is 5.02. The highest BCUT2D eigenvalue weighted by atomic mass is 15.2. The van der Waals surface area contributed by atoms with Crippen molar-refractivity contribution in [3.63, 3.8) is 0 Å². The van der Waals surface area contributed by atoms with E-state index in [0.717, 1.165) is 44.8 Å². The highest BCUT2D eigenvalue weighted by Gasteiger charge is 2.17. The van der Waals surface area contributed by atoms with Gasteiger partial charge in [-0.15, -0.1) is 0 Å². The van der Waals surface area contributed by atoms with Gasteiger partial charge in [-0.05, 0) is 13.3 Å². The molecule has 1 aliphatic rings. The fourth-order valence-corrected chi connectivity index (χ4v) is 2.22. The van der Waals surface area contributed by atoms with Gasteiger partial charge in [0.25, 0.3) is 0 Å². The van der Waals surface area contributed by atoms with Crippen molar-refractivity contribution >= 4 is 0 Å². The molecule has 0 spiro atoms. The smallest absolute Gasteiger partial charge is 0.107 e. The molecule has 0 bridgehead atoms. The summed E-state index contributed by atoms with van der Waals surface area (Å²) < 4.78 is 0. The van der Waals surface area contributed by atoms with E-state index in [2.05, 4.69) is 34.0 Å². The maximum absolute atomic E-state index is 4.42. The van der Waals surface area contributed by atoms with E-state index in [-0.39, 0.29) is 0 Å². The number of aromatic nitrogens is 2. The van der Waals surface area contributed by atoms with Crippen molar-refractivity contribution in [2.75, 3.05) is 26.2 Å². The maximum Gasteiger partial charge on any atom is 0.107 e. The standard InChI is InChI=1S/C12H22N4/c1-3-11-9-14-12(15-11)8-10(2)16-6-4-13-5-7-16/h9-10,13H,3-8H2,1-2H3,(H,14,15). The largest absolute Gasteiger partial charge is 0.346 e. The van der Waals surface area contributed by atoms with Crippen LogP contribution in [0.4, 0.5) is 0 Å². The number of aryl methyl sites for hydroxylation is 1. The lowest BCUT2D eigenvalue weighted by Gasteiger charge is -2.32. The molecule has 4 heteroatoms. The second-order valence-electron chi connectivity index (χ2n) is 4.55. The summed E-state index contributed by atoms with van der Waals surface area (Å²) in [5, 5.41) is 3.38. The van der Waals surface area contributed by atoms with Crippen LogP contribution < -0.4 is 5.32 Å². The Balaban J connectivity index is 1.87. The maximum atomic E-state index is 4.42. The predicted molar refractivity (Wildman–Crippen MR) is 65.6 cm³/mol. The summed E-state index contributed by atoms with van der Waals surface area (Å²) in [5.74, 6) is 1.13. The van der Waals surface area contributed by atoms with E-state index in [1.807, 2.05) is 6.20 Å². The Morgan fingerprint density at radius 1 is 1.44 bits per heavy atom. The lowest BCUT2D eigenvalue weighted by Crippen LogP contribution is -2.48. The monoisotopic (exact) mass is 222 g/mol. The van der Waals surface area contributed by atoms with Crippen LogP contribution in [0.3, 0.4) is 0 Å². The van der Waals surface area contributed by atoms with Crippen molar-refractivity contribution in [1.29, 1.82) is 0 Å². The van der Waals surface area contributed by atoms with Crippen LogP contribution >= 0.6 is 0 Å². The van der Waals surface area contributed by atoms with Crippen LogP contribution in [0.25, 0.3) is 0 Å². The van der Waals surface area contributed by atoms with E-state index in [0.29, 0.717) is 6.04 Å². The normalized spacial score (nSPS) is 19.9. The molecular formula is C12H22N4. The first kappa shape index (κ1) is 11.6. The summed E-state index contributed by atoms with van der Waals surface area (Å²) in [6, 6.07) is 0.581. The molecule has 1 aromatic rings. The molecule has 0 saturated carbocycles. The molecule has 2 heterocycles. The summed E-state index contributed by atoms with van der Waals surface area (Å²) in [6.07, 6.45) is 4.02. The zero-order chi connectivity index (χ0) is 11.4. The molecule has 2 rings (SSSR count). The third kappa shape index (κ3) is 2.83. The van der Waals surface area contributed by atoms with Crippen LogP contribution in [0, 0.1) is 0 Å². The Morgan fingerprint density at radius 2 is 2.19 bits per heavy atom. The lowest BCUT2D eigenvalue weighted by atomic mass is 10.2. The molecule has 0 amide bonds. The third-order valence-electron chi connectivity index (χ3n) is 3.33. The second kappa shape index (κ2) is 5.46. The number of H-pyrrole nitrogens is 1. The first-order chi connectivity index (χ1) is 7.79. The van der Waals surface area contributed by atoms with Gasteiger partial charge in [0.1, 0.15) is 5.82 Å². The van der Waals surface area contributed by atoms with Gasteiger partial charge in [0.15, 0.2) is 0 Å². The number of nitrogens with one attached hydrogen (secondary N) is 2. The summed E-state index contributed by atoms with van der Waals surface area (Å²) in [6.45, 7) is 8.98. The van der Waals surface area contributed by atoms with E-state index < -0.39 is 0 Å². The molecule has 1 saturated heterocycles. The lowest BCUT2D eigenvalue weighted by molar-refractivity contribution is 0.182. The predicted octanol–water partition coefficient (Wildman–Crippen LogP) is 0.808. The topological polar surface area (TPSA) is 44.0 Å². The van der Waals surface area contributed by atoms with E-state index in [1.165, 1.54) is 5.69 Å². The fourth-order valence-electron chi connectivity index (χ4n) is 2.22. The number of hydrogen-bond donors (Lipinski definition) is 2. The molecular weight excluding hydrogens is 200 g/mol. The average Bonchev–Trinajstić information content (AvgIpc) is 2.78. The van der Waals surface area contributed by atoms with Gasteiger partial charge in [0.2, 0.25) is 0 Å². The Bertz CT molecular complexity index is 315. The van der Waals surface area contributed by atoms with Crippen LogP contribution in [0.15, 0.2) is 6.20 Å². The van der Waals surface area contributed by atoms with Crippen molar-refractivity contribution in [3.05, 3.63) is 17.7 Å². The van der Waals surface area contributed by atoms with Gasteiger partial charge in [-0.2, -0.15) is 0 Å². The van der Waals surface area contributed by atoms with Gasteiger partial charge in [0, 0.05) is 50.5 Å². The van der Waals surface area contributed by atoms with Crippen LogP contribution in [0.1, 0.15) is 25.4 Å². The molecule has 0 radical (unpaired) electrons. The molecule has 90 valence electrons. The number of hydrogen-bond acceptors (Lipinski definition) is 3. The highest BCUT2D eigenvalue weighted by Crippen LogP contribution is 2.07. The Kier molecular flexibility index (Phi) is 3.96. The Hall–Kier alpha value is -0.870. The molecule has 4 nitrogen and oxygen atoms in total. The summed E-state index contributed by atoms with van der Waals surface area (Å²) >= 11 is 0. The molecule has 1 aromatic heterocycles. The van der Waals surface area contributed by atoms with E-state index in [9.17, 15) is 0 Å². The first-order valence-corrected chi connectivity index (χ1v) is 6.27. The van der Waals surface area contributed by atoms with Crippen molar-refractivity contribution in [1.82, 2.24) is 20.2 Å². The number of nitrogens with zero attached hydrogens (tertiary/aromatic N) is 2. The average molecular weight is 222 g/mol. The van der Waals surface area contributed by atoms with Gasteiger partial charge in [-0.1, -0.05) is 6.92 Å². The molecule has 1 aliphatic heterocycles. The molecule has 16 heavy (non-hydrogen) atoms. The van der Waals surface area contributed by atoms with Gasteiger partial charge < -0.3 is 10.3 Å². The fraction of sp³-hybridized carbons (Fsp3) is 0.750. The van der Waals surface area contributed by atoms with Gasteiger partial charge in [-0.3, -0.25) is 4.90 Å². The zero-order valence-corrected chi connectivity index (χ0v) is 10.3. The molecule has 0 aromatic carbocycles. The SMILES string of the molecule is CCc1cnc(CC(C)N2CCNCC2)[nH]1. The van der Waals surface area contributed by atoms with E-state index in [1.54, 1.807) is 0 Å². The summed E-state index contributed by atoms with van der Waals surface area (Å²) in [5.41, 5.74) is 1.24. The van der Waals surface area contributed by atoms with E-state index >= 15 is 0 Å². The number of piperazine rings is 1. The Labute approximate surface area is 97.4 Å². The second-order valence-corrected chi connectivity index (χ2v) is 4.55. The van der Waals surface area contributed by atoms with Crippen molar-refractivity contribution in [2.45, 2.75) is 32.7 Å². The van der Waals surface area contributed by atoms with Crippen LogP contribution in [0.2, 0.25) is 0 Å². The van der Waals surface area contributed by atoms with Crippen molar-refractivity contribution in [3.8, 4) is 0 Å². The molecule has 2 N–H and O–H groups in total. The minimum atomic E-state index is 0.581. The van der Waals surface area contributed by atoms with E-state index in [4.69, 9.17) is 0 Å². The number of imidazole rings is 1. The minimum Gasteiger partial charge on any atom is -0.346 e. The quantitative estimate of drug-likeness (QED) is 0.792. The number of aromatic amines is 1. The summed E-state index contributed by atoms with van der Waals surface area (Å²) in [4.78, 5) is 10.3. The zero-order valence-electron chi connectivity index (χ0n) is 10.3. The van der Waals surface area contributed by atoms with Gasteiger partial charge in [0.05, 0.1) is 0 Å². The van der Waals surface area contributed by atoms with Crippen LogP contribution in [-0.2, 0) is 12.8 Å². The van der Waals surface area contributed by atoms with Crippen LogP contribution in [-0.4, -0.2) is 47.1 Å². The number of rotatable bonds is 4.